The average Bonchev–Trinajstić information content (AvgIpc) is 2.95. The van der Waals surface area contributed by atoms with Crippen molar-refractivity contribution in [3.8, 4) is 5.75 Å². The first-order valence-electron chi connectivity index (χ1n) is 15.8. The van der Waals surface area contributed by atoms with Gasteiger partial charge in [0.1, 0.15) is 11.4 Å². The summed E-state index contributed by atoms with van der Waals surface area (Å²) in [4.78, 5) is 30.9. The molecule has 2 aliphatic rings. The molecular weight excluding hydrogens is 524 g/mol. The van der Waals surface area contributed by atoms with Crippen molar-refractivity contribution >= 4 is 11.9 Å². The highest BCUT2D eigenvalue weighted by atomic mass is 16.6. The molecule has 0 spiro atoms. The molecule has 6 nitrogen and oxygen atoms in total. The fraction of sp³-hybridized carbons (Fsp3) is 0.556. The number of likely N-dealkylation sites (tertiary alicyclic amines) is 1. The average molecular weight is 575 g/mol. The summed E-state index contributed by atoms with van der Waals surface area (Å²) in [5, 5.41) is 10.5. The van der Waals surface area contributed by atoms with Crippen LogP contribution in [0.3, 0.4) is 0 Å². The summed E-state index contributed by atoms with van der Waals surface area (Å²) in [5.41, 5.74) is 1.09. The molecule has 3 atom stereocenters. The molecule has 2 aromatic rings. The Hall–Kier alpha value is -3.12. The Morgan fingerprint density at radius 2 is 1.90 bits per heavy atom. The quantitative estimate of drug-likeness (QED) is 0.165. The second-order valence-electron chi connectivity index (χ2n) is 12.9. The van der Waals surface area contributed by atoms with Gasteiger partial charge < -0.3 is 14.7 Å². The number of benzene rings is 2. The Kier molecular flexibility index (Phi) is 10.9. The monoisotopic (exact) mass is 574 g/mol. The van der Waals surface area contributed by atoms with E-state index < -0.39 is 11.0 Å². The van der Waals surface area contributed by atoms with Crippen LogP contribution in [0.5, 0.6) is 5.75 Å². The van der Waals surface area contributed by atoms with Gasteiger partial charge in [-0.15, -0.1) is 6.58 Å². The molecule has 2 aromatic carbocycles. The summed E-state index contributed by atoms with van der Waals surface area (Å²) < 4.78 is 6.35. The van der Waals surface area contributed by atoms with Crippen molar-refractivity contribution in [2.75, 3.05) is 26.2 Å². The molecule has 42 heavy (non-hydrogen) atoms. The first kappa shape index (κ1) is 31.8. The van der Waals surface area contributed by atoms with Crippen molar-refractivity contribution in [2.45, 2.75) is 95.6 Å². The van der Waals surface area contributed by atoms with Crippen molar-refractivity contribution in [3.05, 3.63) is 78.4 Å². The number of ether oxygens (including phenoxy) is 1. The molecular formula is C36H50N2O4. The predicted molar refractivity (Wildman–Crippen MR) is 168 cm³/mol. The van der Waals surface area contributed by atoms with Crippen molar-refractivity contribution in [3.63, 3.8) is 0 Å². The molecule has 1 saturated carbocycles. The summed E-state index contributed by atoms with van der Waals surface area (Å²) in [5.74, 6) is 0.491. The first-order chi connectivity index (χ1) is 20.2. The fourth-order valence-electron chi connectivity index (χ4n) is 7.49. The zero-order valence-electron chi connectivity index (χ0n) is 25.9. The van der Waals surface area contributed by atoms with Crippen LogP contribution in [0.2, 0.25) is 0 Å². The van der Waals surface area contributed by atoms with Gasteiger partial charge in [-0.1, -0.05) is 68.8 Å². The van der Waals surface area contributed by atoms with Gasteiger partial charge in [0.2, 0.25) is 5.91 Å². The molecule has 6 heteroatoms. The third kappa shape index (κ3) is 7.44. The molecule has 1 saturated heterocycles. The molecule has 0 aromatic heterocycles. The van der Waals surface area contributed by atoms with Crippen molar-refractivity contribution in [2.24, 2.45) is 5.92 Å². The van der Waals surface area contributed by atoms with Crippen LogP contribution in [0.15, 0.2) is 67.3 Å². The number of fused-ring (bicyclic) bond motifs is 1. The first-order valence-corrected chi connectivity index (χ1v) is 15.8. The largest absolute Gasteiger partial charge is 0.508 e. The Morgan fingerprint density at radius 1 is 1.12 bits per heavy atom. The molecule has 228 valence electrons. The standard InChI is InChI=1S/C36H50N2O4/c1-5-22-37-23-21-35(31-16-12-17-33(40)24-31)25-32(19-20-36(35,27-37)42-29(4)39)38(26-28(2)3)34(41)18-11-7-10-15-30-13-8-6-9-14-30/h5-6,8-9,12-14,16-17,24,28,32,40H,1,7,10-11,15,18-23,25-27H2,2-4H3/t32-,35+,36+/m1/s1. The molecule has 1 aliphatic heterocycles. The van der Waals surface area contributed by atoms with Gasteiger partial charge in [-0.25, -0.2) is 0 Å². The molecule has 4 rings (SSSR count). The zero-order chi connectivity index (χ0) is 30.2. The Balaban J connectivity index is 1.57. The maximum Gasteiger partial charge on any atom is 0.303 e. The third-order valence-corrected chi connectivity index (χ3v) is 9.32. The second kappa shape index (κ2) is 14.4. The van der Waals surface area contributed by atoms with Crippen LogP contribution in [0.1, 0.15) is 83.3 Å². The van der Waals surface area contributed by atoms with Crippen LogP contribution < -0.4 is 0 Å². The molecule has 1 N–H and O–H groups in total. The number of hydrogen-bond donors (Lipinski definition) is 1. The van der Waals surface area contributed by atoms with Crippen LogP contribution in [-0.2, 0) is 26.2 Å². The minimum Gasteiger partial charge on any atom is -0.508 e. The number of hydrogen-bond acceptors (Lipinski definition) is 5. The van der Waals surface area contributed by atoms with Crippen molar-refractivity contribution in [1.29, 1.82) is 0 Å². The number of aromatic hydroxyl groups is 1. The summed E-state index contributed by atoms with van der Waals surface area (Å²) in [6.07, 6.45) is 9.42. The Labute approximate surface area is 252 Å². The summed E-state index contributed by atoms with van der Waals surface area (Å²) in [6.45, 7) is 12.7. The Bertz CT molecular complexity index is 1200. The zero-order valence-corrected chi connectivity index (χ0v) is 25.9. The highest BCUT2D eigenvalue weighted by Crippen LogP contribution is 2.55. The van der Waals surface area contributed by atoms with E-state index >= 15 is 0 Å². The predicted octanol–water partition coefficient (Wildman–Crippen LogP) is 6.66. The highest BCUT2D eigenvalue weighted by Gasteiger charge is 2.61. The lowest BCUT2D eigenvalue weighted by molar-refractivity contribution is -0.190. The number of amides is 1. The van der Waals surface area contributed by atoms with Gasteiger partial charge in [0.15, 0.2) is 0 Å². The van der Waals surface area contributed by atoms with E-state index in [4.69, 9.17) is 4.74 Å². The van der Waals surface area contributed by atoms with Crippen LogP contribution in [-0.4, -0.2) is 64.6 Å². The number of rotatable bonds is 13. The van der Waals surface area contributed by atoms with E-state index in [1.54, 1.807) is 6.07 Å². The lowest BCUT2D eigenvalue weighted by atomic mass is 9.54. The smallest absolute Gasteiger partial charge is 0.303 e. The molecule has 0 radical (unpaired) electrons. The van der Waals surface area contributed by atoms with Crippen LogP contribution >= 0.6 is 0 Å². The van der Waals surface area contributed by atoms with Crippen molar-refractivity contribution in [1.82, 2.24) is 9.80 Å². The lowest BCUT2D eigenvalue weighted by Gasteiger charge is -2.60. The minimum atomic E-state index is -0.742. The molecule has 1 heterocycles. The van der Waals surface area contributed by atoms with Gasteiger partial charge in [-0.2, -0.15) is 0 Å². The number of carbonyl (C=O) groups is 2. The van der Waals surface area contributed by atoms with Gasteiger partial charge in [-0.3, -0.25) is 14.5 Å². The summed E-state index contributed by atoms with van der Waals surface area (Å²) >= 11 is 0. The van der Waals surface area contributed by atoms with E-state index in [9.17, 15) is 14.7 Å². The topological polar surface area (TPSA) is 70.1 Å². The summed E-state index contributed by atoms with van der Waals surface area (Å²) in [7, 11) is 0. The summed E-state index contributed by atoms with van der Waals surface area (Å²) in [6, 6.07) is 18.0. The number of piperidine rings is 1. The third-order valence-electron chi connectivity index (χ3n) is 9.32. The Morgan fingerprint density at radius 3 is 2.60 bits per heavy atom. The number of unbranched alkanes of at least 4 members (excludes halogenated alkanes) is 2. The molecule has 0 unspecified atom stereocenters. The minimum absolute atomic E-state index is 0.0428. The maximum absolute atomic E-state index is 13.8. The lowest BCUT2D eigenvalue weighted by Crippen LogP contribution is -2.68. The van der Waals surface area contributed by atoms with Gasteiger partial charge in [0.05, 0.1) is 0 Å². The molecule has 0 bridgehead atoms. The van der Waals surface area contributed by atoms with Crippen LogP contribution in [0, 0.1) is 5.92 Å². The van der Waals surface area contributed by atoms with Crippen LogP contribution in [0.4, 0.5) is 0 Å². The van der Waals surface area contributed by atoms with Gasteiger partial charge in [0.25, 0.3) is 0 Å². The number of phenols is 1. The fourth-order valence-corrected chi connectivity index (χ4v) is 7.49. The number of aryl methyl sites for hydroxylation is 1. The number of esters is 1. The van der Waals surface area contributed by atoms with E-state index in [2.05, 4.69) is 60.6 Å². The van der Waals surface area contributed by atoms with E-state index in [1.165, 1.54) is 12.5 Å². The SMILES string of the molecule is C=CCN1CC[C@@]2(c3cccc(O)c3)C[C@H](N(CC(C)C)C(=O)CCCCCc3ccccc3)CC[C@]2(OC(C)=O)C1. The van der Waals surface area contributed by atoms with E-state index in [0.717, 1.165) is 57.2 Å². The van der Waals surface area contributed by atoms with E-state index in [1.807, 2.05) is 24.3 Å². The molecule has 2 fully saturated rings. The molecule has 1 aliphatic carbocycles. The number of phenolic OH excluding ortho intramolecular Hbond substituents is 1. The van der Waals surface area contributed by atoms with Crippen LogP contribution in [0.25, 0.3) is 0 Å². The maximum atomic E-state index is 13.8. The number of nitrogens with zero attached hydrogens (tertiary/aromatic N) is 2. The van der Waals surface area contributed by atoms with Gasteiger partial charge in [0, 0.05) is 44.4 Å². The molecule has 1 amide bonds. The van der Waals surface area contributed by atoms with Gasteiger partial charge in [-0.05, 0) is 80.7 Å². The number of carbonyl (C=O) groups excluding carboxylic acids is 2. The van der Waals surface area contributed by atoms with Crippen molar-refractivity contribution < 1.29 is 19.4 Å². The second-order valence-corrected chi connectivity index (χ2v) is 12.9. The van der Waals surface area contributed by atoms with Gasteiger partial charge >= 0.3 is 5.97 Å². The van der Waals surface area contributed by atoms with E-state index in [0.29, 0.717) is 38.3 Å². The van der Waals surface area contributed by atoms with E-state index in [-0.39, 0.29) is 23.7 Å². The normalized spacial score (nSPS) is 24.1. The highest BCUT2D eigenvalue weighted by molar-refractivity contribution is 5.76.